The van der Waals surface area contributed by atoms with E-state index >= 15 is 0 Å². The van der Waals surface area contributed by atoms with E-state index in [0.717, 1.165) is 17.7 Å². The van der Waals surface area contributed by atoms with Crippen molar-refractivity contribution in [1.82, 2.24) is 15.2 Å². The van der Waals surface area contributed by atoms with Gasteiger partial charge in [-0.2, -0.15) is 0 Å². The molecule has 5 heteroatoms. The highest BCUT2D eigenvalue weighted by molar-refractivity contribution is 5.74. The van der Waals surface area contributed by atoms with Crippen LogP contribution in [0.25, 0.3) is 0 Å². The molecule has 0 unspecified atom stereocenters. The third kappa shape index (κ3) is 6.03. The van der Waals surface area contributed by atoms with Crippen LogP contribution in [0.15, 0.2) is 42.6 Å². The van der Waals surface area contributed by atoms with Crippen molar-refractivity contribution < 1.29 is 9.53 Å². The average Bonchev–Trinajstić information content (AvgIpc) is 3.51. The number of amides is 2. The number of rotatable bonds is 8. The highest BCUT2D eigenvalue weighted by Gasteiger charge is 2.22. The fourth-order valence-electron chi connectivity index (χ4n) is 2.60. The number of aryl methyl sites for hydroxylation is 1. The number of nitrogens with one attached hydrogen (secondary N) is 1. The Morgan fingerprint density at radius 2 is 2.00 bits per heavy atom. The van der Waals surface area contributed by atoms with Gasteiger partial charge in [0.05, 0.1) is 13.2 Å². The molecule has 27 heavy (non-hydrogen) atoms. The molecule has 1 saturated carbocycles. The summed E-state index contributed by atoms with van der Waals surface area (Å²) in [5.41, 5.74) is 3.15. The largest absolute Gasteiger partial charge is 0.477 e. The fraction of sp³-hybridized carbons (Fsp3) is 0.364. The van der Waals surface area contributed by atoms with E-state index in [2.05, 4.69) is 16.2 Å². The second-order valence-electron chi connectivity index (χ2n) is 6.96. The minimum Gasteiger partial charge on any atom is -0.477 e. The first-order valence-electron chi connectivity index (χ1n) is 9.23. The van der Waals surface area contributed by atoms with Gasteiger partial charge in [-0.25, -0.2) is 9.78 Å². The van der Waals surface area contributed by atoms with Gasteiger partial charge in [-0.1, -0.05) is 41.8 Å². The molecule has 1 aromatic carbocycles. The second kappa shape index (κ2) is 9.09. The molecule has 1 fully saturated rings. The van der Waals surface area contributed by atoms with Gasteiger partial charge in [-0.3, -0.25) is 0 Å². The van der Waals surface area contributed by atoms with Crippen molar-refractivity contribution in [3.8, 4) is 18.2 Å². The summed E-state index contributed by atoms with van der Waals surface area (Å²) < 4.78 is 5.63. The lowest BCUT2D eigenvalue weighted by Crippen LogP contribution is -2.39. The Morgan fingerprint density at radius 3 is 2.63 bits per heavy atom. The van der Waals surface area contributed by atoms with Crippen LogP contribution in [0.4, 0.5) is 4.79 Å². The third-order valence-corrected chi connectivity index (χ3v) is 4.47. The summed E-state index contributed by atoms with van der Waals surface area (Å²) in [5, 5.41) is 2.91. The lowest BCUT2D eigenvalue weighted by atomic mass is 10.1. The summed E-state index contributed by atoms with van der Waals surface area (Å²) in [5.74, 6) is 3.88. The van der Waals surface area contributed by atoms with Crippen molar-refractivity contribution in [2.75, 3.05) is 13.2 Å². The van der Waals surface area contributed by atoms with Gasteiger partial charge in [0.25, 0.3) is 0 Å². The summed E-state index contributed by atoms with van der Waals surface area (Å²) in [6.45, 7) is 3.90. The van der Waals surface area contributed by atoms with Crippen LogP contribution in [0.1, 0.15) is 29.5 Å². The molecule has 0 aliphatic heterocycles. The van der Waals surface area contributed by atoms with E-state index in [0.29, 0.717) is 24.9 Å². The van der Waals surface area contributed by atoms with Crippen LogP contribution in [0.2, 0.25) is 0 Å². The van der Waals surface area contributed by atoms with E-state index in [1.807, 2.05) is 43.3 Å². The number of nitrogens with zero attached hydrogens (tertiary/aromatic N) is 2. The van der Waals surface area contributed by atoms with Crippen molar-refractivity contribution in [1.29, 1.82) is 0 Å². The predicted octanol–water partition coefficient (Wildman–Crippen LogP) is 3.52. The number of hydrogen-bond donors (Lipinski definition) is 1. The summed E-state index contributed by atoms with van der Waals surface area (Å²) in [6, 6.07) is 11.6. The van der Waals surface area contributed by atoms with Gasteiger partial charge in [0.15, 0.2) is 0 Å². The molecule has 0 spiro atoms. The molecule has 2 amide bonds. The molecule has 0 bridgehead atoms. The number of carbonyl (C=O) groups excluding carboxylic acids is 1. The van der Waals surface area contributed by atoms with Gasteiger partial charge >= 0.3 is 6.03 Å². The first-order valence-corrected chi connectivity index (χ1v) is 9.23. The fourth-order valence-corrected chi connectivity index (χ4v) is 2.60. The van der Waals surface area contributed by atoms with Crippen LogP contribution in [0.5, 0.6) is 5.88 Å². The van der Waals surface area contributed by atoms with Crippen LogP contribution in [0, 0.1) is 25.2 Å². The SMILES string of the molecule is C#CCN(Cc1ccc(C)cc1)C(=O)NCc1ccc(OCC2CC2)nc1. The molecular formula is C22H25N3O2. The lowest BCUT2D eigenvalue weighted by molar-refractivity contribution is 0.201. The van der Waals surface area contributed by atoms with E-state index in [4.69, 9.17) is 11.2 Å². The second-order valence-corrected chi connectivity index (χ2v) is 6.96. The van der Waals surface area contributed by atoms with Gasteiger partial charge in [-0.05, 0) is 36.8 Å². The Morgan fingerprint density at radius 1 is 1.26 bits per heavy atom. The average molecular weight is 363 g/mol. The Bertz CT molecular complexity index is 790. The van der Waals surface area contributed by atoms with E-state index < -0.39 is 0 Å². The molecule has 0 radical (unpaired) electrons. The highest BCUT2D eigenvalue weighted by atomic mass is 16.5. The Kier molecular flexibility index (Phi) is 6.32. The zero-order chi connectivity index (χ0) is 19.1. The molecule has 1 N–H and O–H groups in total. The molecule has 1 heterocycles. The van der Waals surface area contributed by atoms with Crippen LogP contribution < -0.4 is 10.1 Å². The number of benzene rings is 1. The van der Waals surface area contributed by atoms with Crippen LogP contribution in [0.3, 0.4) is 0 Å². The van der Waals surface area contributed by atoms with E-state index in [-0.39, 0.29) is 12.6 Å². The third-order valence-electron chi connectivity index (χ3n) is 4.47. The summed E-state index contributed by atoms with van der Waals surface area (Å²) in [6.07, 6.45) is 9.66. The summed E-state index contributed by atoms with van der Waals surface area (Å²) >= 11 is 0. The van der Waals surface area contributed by atoms with Crippen molar-refractivity contribution in [2.24, 2.45) is 5.92 Å². The molecule has 0 atom stereocenters. The quantitative estimate of drug-likeness (QED) is 0.730. The molecule has 140 valence electrons. The molecule has 5 nitrogen and oxygen atoms in total. The Balaban J connectivity index is 1.50. The van der Waals surface area contributed by atoms with E-state index in [1.165, 1.54) is 18.4 Å². The maximum Gasteiger partial charge on any atom is 0.318 e. The topological polar surface area (TPSA) is 54.5 Å². The van der Waals surface area contributed by atoms with Gasteiger partial charge in [0.1, 0.15) is 0 Å². The van der Waals surface area contributed by atoms with Crippen LogP contribution in [-0.2, 0) is 13.1 Å². The van der Waals surface area contributed by atoms with Crippen molar-refractivity contribution in [2.45, 2.75) is 32.9 Å². The van der Waals surface area contributed by atoms with Gasteiger partial charge in [-0.15, -0.1) is 6.42 Å². The molecule has 2 aromatic rings. The van der Waals surface area contributed by atoms with E-state index in [1.54, 1.807) is 11.1 Å². The molecule has 0 saturated heterocycles. The maximum absolute atomic E-state index is 12.5. The molecule has 1 aromatic heterocycles. The summed E-state index contributed by atoms with van der Waals surface area (Å²) in [7, 11) is 0. The van der Waals surface area contributed by atoms with Gasteiger partial charge in [0.2, 0.25) is 5.88 Å². The van der Waals surface area contributed by atoms with E-state index in [9.17, 15) is 4.79 Å². The number of pyridine rings is 1. The number of ether oxygens (including phenoxy) is 1. The summed E-state index contributed by atoms with van der Waals surface area (Å²) in [4.78, 5) is 18.4. The highest BCUT2D eigenvalue weighted by Crippen LogP contribution is 2.29. The Labute approximate surface area is 160 Å². The predicted molar refractivity (Wildman–Crippen MR) is 105 cm³/mol. The van der Waals surface area contributed by atoms with Crippen LogP contribution >= 0.6 is 0 Å². The van der Waals surface area contributed by atoms with Crippen molar-refractivity contribution in [3.63, 3.8) is 0 Å². The normalized spacial score (nSPS) is 12.9. The maximum atomic E-state index is 12.5. The molecular weight excluding hydrogens is 338 g/mol. The first-order chi connectivity index (χ1) is 13.1. The number of hydrogen-bond acceptors (Lipinski definition) is 3. The smallest absolute Gasteiger partial charge is 0.318 e. The number of urea groups is 1. The van der Waals surface area contributed by atoms with Crippen molar-refractivity contribution >= 4 is 6.03 Å². The molecule has 1 aliphatic rings. The zero-order valence-corrected chi connectivity index (χ0v) is 15.6. The standard InChI is InChI=1S/C22H25N3O2/c1-3-12-25(15-18-6-4-17(2)5-7-18)22(26)24-14-20-10-11-21(23-13-20)27-16-19-8-9-19/h1,4-7,10-11,13,19H,8-9,12,14-16H2,2H3,(H,24,26). The monoisotopic (exact) mass is 363 g/mol. The van der Waals surface area contributed by atoms with Crippen molar-refractivity contribution in [3.05, 3.63) is 59.3 Å². The van der Waals surface area contributed by atoms with Crippen LogP contribution in [-0.4, -0.2) is 29.1 Å². The minimum atomic E-state index is -0.192. The molecule has 3 rings (SSSR count). The van der Waals surface area contributed by atoms with Gasteiger partial charge in [0, 0.05) is 25.4 Å². The van der Waals surface area contributed by atoms with Gasteiger partial charge < -0.3 is 15.0 Å². The minimum absolute atomic E-state index is 0.192. The Hall–Kier alpha value is -3.00. The molecule has 1 aliphatic carbocycles. The number of terminal acetylenes is 1. The number of aromatic nitrogens is 1. The number of carbonyl (C=O) groups is 1. The zero-order valence-electron chi connectivity index (χ0n) is 15.6. The lowest BCUT2D eigenvalue weighted by Gasteiger charge is -2.21. The first kappa shape index (κ1) is 18.8.